The van der Waals surface area contributed by atoms with Crippen LogP contribution in [0.2, 0.25) is 0 Å². The van der Waals surface area contributed by atoms with Gasteiger partial charge in [-0.15, -0.1) is 0 Å². The Hall–Kier alpha value is -3.89. The van der Waals surface area contributed by atoms with Crippen molar-refractivity contribution in [1.82, 2.24) is 4.90 Å². The zero-order valence-corrected chi connectivity index (χ0v) is 21.1. The van der Waals surface area contributed by atoms with Crippen molar-refractivity contribution in [3.05, 3.63) is 125 Å². The van der Waals surface area contributed by atoms with Crippen LogP contribution < -0.4 is 4.74 Å². The number of benzene rings is 4. The van der Waals surface area contributed by atoms with Gasteiger partial charge in [0.2, 0.25) is 0 Å². The number of carboxylic acids is 1. The fraction of sp³-hybridized carbons (Fsp3) is 0.219. The van der Waals surface area contributed by atoms with Crippen LogP contribution in [0.3, 0.4) is 0 Å². The molecule has 4 heteroatoms. The Morgan fingerprint density at radius 1 is 0.861 bits per heavy atom. The Morgan fingerprint density at radius 3 is 2.22 bits per heavy atom. The lowest BCUT2D eigenvalue weighted by Gasteiger charge is -2.37. The van der Waals surface area contributed by atoms with Gasteiger partial charge in [0.05, 0.1) is 13.5 Å². The minimum Gasteiger partial charge on any atom is -0.497 e. The van der Waals surface area contributed by atoms with Crippen molar-refractivity contribution in [2.75, 3.05) is 7.11 Å². The summed E-state index contributed by atoms with van der Waals surface area (Å²) in [5.74, 6) is -0.0235. The Bertz CT molecular complexity index is 1290. The molecule has 0 aliphatic rings. The van der Waals surface area contributed by atoms with Gasteiger partial charge in [0.15, 0.2) is 0 Å². The number of aryl methyl sites for hydroxylation is 1. The second kappa shape index (κ2) is 11.7. The zero-order chi connectivity index (χ0) is 25.5. The lowest BCUT2D eigenvalue weighted by atomic mass is 9.92. The molecule has 0 amide bonds. The molecule has 0 heterocycles. The molecule has 4 nitrogen and oxygen atoms in total. The maximum atomic E-state index is 12.2. The Labute approximate surface area is 213 Å². The molecule has 0 aromatic heterocycles. The highest BCUT2D eigenvalue weighted by Gasteiger charge is 2.29. The van der Waals surface area contributed by atoms with Crippen molar-refractivity contribution in [3.63, 3.8) is 0 Å². The molecule has 2 atom stereocenters. The van der Waals surface area contributed by atoms with Gasteiger partial charge in [0.1, 0.15) is 5.75 Å². The predicted octanol–water partition coefficient (Wildman–Crippen LogP) is 7.45. The maximum absolute atomic E-state index is 12.2. The number of aliphatic carboxylic acids is 1. The summed E-state index contributed by atoms with van der Waals surface area (Å²) in [6.45, 7) is 4.88. The second-order valence-electron chi connectivity index (χ2n) is 9.16. The van der Waals surface area contributed by atoms with Crippen molar-refractivity contribution in [2.24, 2.45) is 0 Å². The van der Waals surface area contributed by atoms with E-state index in [2.05, 4.69) is 67.3 Å². The van der Waals surface area contributed by atoms with Crippen LogP contribution in [0.25, 0.3) is 11.1 Å². The monoisotopic (exact) mass is 479 g/mol. The standard InChI is InChI=1S/C32H33NO3/c1-23-17-18-28(20-30(23)27-15-10-16-29(19-27)36-3)31(21-32(34)35)33(22-25-11-6-4-7-12-25)24(2)26-13-8-5-9-14-26/h4-20,24,31H,21-22H2,1-3H3,(H,34,35)/t24-,31?/m1/s1. The van der Waals surface area contributed by atoms with Gasteiger partial charge < -0.3 is 9.84 Å². The van der Waals surface area contributed by atoms with Crippen LogP contribution >= 0.6 is 0 Å². The molecule has 0 aliphatic heterocycles. The molecule has 1 N–H and O–H groups in total. The number of carbonyl (C=O) groups is 1. The number of methoxy groups -OCH3 is 1. The lowest BCUT2D eigenvalue weighted by Crippen LogP contribution is -2.32. The molecule has 0 saturated heterocycles. The quantitative estimate of drug-likeness (QED) is 0.257. The van der Waals surface area contributed by atoms with E-state index in [-0.39, 0.29) is 18.5 Å². The highest BCUT2D eigenvalue weighted by molar-refractivity contribution is 5.71. The molecule has 4 aromatic carbocycles. The maximum Gasteiger partial charge on any atom is 0.305 e. The number of nitrogens with zero attached hydrogens (tertiary/aromatic N) is 1. The van der Waals surface area contributed by atoms with Crippen molar-refractivity contribution in [1.29, 1.82) is 0 Å². The third kappa shape index (κ3) is 6.02. The molecular formula is C32H33NO3. The van der Waals surface area contributed by atoms with Crippen LogP contribution in [0, 0.1) is 6.92 Å². The minimum absolute atomic E-state index is 0.00458. The minimum atomic E-state index is -0.818. The number of hydrogen-bond acceptors (Lipinski definition) is 3. The molecule has 0 saturated carbocycles. The summed E-state index contributed by atoms with van der Waals surface area (Å²) in [6.07, 6.45) is 0.00458. The lowest BCUT2D eigenvalue weighted by molar-refractivity contribution is -0.138. The van der Waals surface area contributed by atoms with E-state index in [9.17, 15) is 9.90 Å². The van der Waals surface area contributed by atoms with Gasteiger partial charge in [-0.05, 0) is 65.4 Å². The van der Waals surface area contributed by atoms with E-state index in [1.54, 1.807) is 7.11 Å². The van der Waals surface area contributed by atoms with Gasteiger partial charge >= 0.3 is 5.97 Å². The summed E-state index contributed by atoms with van der Waals surface area (Å²) in [5.41, 5.74) is 6.55. The highest BCUT2D eigenvalue weighted by atomic mass is 16.5. The molecule has 0 aliphatic carbocycles. The van der Waals surface area contributed by atoms with Crippen LogP contribution in [0.15, 0.2) is 103 Å². The second-order valence-corrected chi connectivity index (χ2v) is 9.16. The van der Waals surface area contributed by atoms with E-state index >= 15 is 0 Å². The third-order valence-corrected chi connectivity index (χ3v) is 6.78. The number of ether oxygens (including phenoxy) is 1. The van der Waals surface area contributed by atoms with Crippen LogP contribution in [-0.2, 0) is 11.3 Å². The van der Waals surface area contributed by atoms with E-state index in [1.807, 2.05) is 54.6 Å². The SMILES string of the molecule is COc1cccc(-c2cc(C(CC(=O)O)N(Cc3ccccc3)[C@H](C)c3ccccc3)ccc2C)c1. The van der Waals surface area contributed by atoms with Gasteiger partial charge in [-0.2, -0.15) is 0 Å². The highest BCUT2D eigenvalue weighted by Crippen LogP contribution is 2.37. The third-order valence-electron chi connectivity index (χ3n) is 6.78. The fourth-order valence-electron chi connectivity index (χ4n) is 4.77. The molecule has 1 unspecified atom stereocenters. The Morgan fingerprint density at radius 2 is 1.56 bits per heavy atom. The van der Waals surface area contributed by atoms with Crippen LogP contribution in [0.1, 0.15) is 47.7 Å². The summed E-state index contributed by atoms with van der Waals surface area (Å²) in [4.78, 5) is 14.5. The summed E-state index contributed by atoms with van der Waals surface area (Å²) in [6, 6.07) is 34.5. The van der Waals surface area contributed by atoms with E-state index in [4.69, 9.17) is 4.74 Å². The van der Waals surface area contributed by atoms with Gasteiger partial charge in [-0.3, -0.25) is 9.69 Å². The smallest absolute Gasteiger partial charge is 0.305 e. The molecule has 184 valence electrons. The normalized spacial score (nSPS) is 12.8. The van der Waals surface area contributed by atoms with Gasteiger partial charge in [-0.1, -0.05) is 84.9 Å². The average Bonchev–Trinajstić information content (AvgIpc) is 2.91. The number of carboxylic acid groups (broad SMARTS) is 1. The molecule has 4 aromatic rings. The van der Waals surface area contributed by atoms with Crippen molar-refractivity contribution in [2.45, 2.75) is 38.9 Å². The summed E-state index contributed by atoms with van der Waals surface area (Å²) < 4.78 is 5.45. The van der Waals surface area contributed by atoms with E-state index in [0.29, 0.717) is 6.54 Å². The number of rotatable bonds is 10. The number of hydrogen-bond donors (Lipinski definition) is 1. The molecule has 0 bridgehead atoms. The van der Waals surface area contributed by atoms with E-state index in [1.165, 1.54) is 0 Å². The Balaban J connectivity index is 1.81. The first kappa shape index (κ1) is 25.2. The van der Waals surface area contributed by atoms with Crippen molar-refractivity contribution in [3.8, 4) is 16.9 Å². The Kier molecular flexibility index (Phi) is 8.19. The average molecular weight is 480 g/mol. The summed E-state index contributed by atoms with van der Waals surface area (Å²) >= 11 is 0. The molecule has 0 fully saturated rings. The zero-order valence-electron chi connectivity index (χ0n) is 21.1. The predicted molar refractivity (Wildman–Crippen MR) is 145 cm³/mol. The van der Waals surface area contributed by atoms with E-state index in [0.717, 1.165) is 39.1 Å². The van der Waals surface area contributed by atoms with Crippen LogP contribution in [-0.4, -0.2) is 23.1 Å². The van der Waals surface area contributed by atoms with Crippen molar-refractivity contribution >= 4 is 5.97 Å². The molecule has 0 spiro atoms. The summed E-state index contributed by atoms with van der Waals surface area (Å²) in [5, 5.41) is 9.98. The first-order chi connectivity index (χ1) is 17.5. The van der Waals surface area contributed by atoms with Crippen LogP contribution in [0.4, 0.5) is 0 Å². The molecular weight excluding hydrogens is 446 g/mol. The first-order valence-corrected chi connectivity index (χ1v) is 12.3. The van der Waals surface area contributed by atoms with Gasteiger partial charge in [0.25, 0.3) is 0 Å². The largest absolute Gasteiger partial charge is 0.497 e. The van der Waals surface area contributed by atoms with Crippen LogP contribution in [0.5, 0.6) is 5.75 Å². The van der Waals surface area contributed by atoms with E-state index < -0.39 is 5.97 Å². The van der Waals surface area contributed by atoms with Crippen molar-refractivity contribution < 1.29 is 14.6 Å². The first-order valence-electron chi connectivity index (χ1n) is 12.3. The molecule has 0 radical (unpaired) electrons. The fourth-order valence-corrected chi connectivity index (χ4v) is 4.77. The molecule has 4 rings (SSSR count). The topological polar surface area (TPSA) is 49.8 Å². The van der Waals surface area contributed by atoms with Gasteiger partial charge in [0, 0.05) is 18.6 Å². The van der Waals surface area contributed by atoms with Gasteiger partial charge in [-0.25, -0.2) is 0 Å². The summed E-state index contributed by atoms with van der Waals surface area (Å²) in [7, 11) is 1.66. The molecule has 36 heavy (non-hydrogen) atoms.